The highest BCUT2D eigenvalue weighted by atomic mass is 35.5. The predicted molar refractivity (Wildman–Crippen MR) is 88.4 cm³/mol. The van der Waals surface area contributed by atoms with Gasteiger partial charge >= 0.3 is 0 Å². The van der Waals surface area contributed by atoms with Crippen molar-refractivity contribution in [2.45, 2.75) is 25.7 Å². The van der Waals surface area contributed by atoms with Gasteiger partial charge in [0.15, 0.2) is 0 Å². The van der Waals surface area contributed by atoms with Crippen molar-refractivity contribution in [2.24, 2.45) is 0 Å². The lowest BCUT2D eigenvalue weighted by atomic mass is 10.2. The first-order valence-corrected chi connectivity index (χ1v) is 9.27. The Balaban J connectivity index is 2.33. The molecule has 1 saturated heterocycles. The Morgan fingerprint density at radius 1 is 1.26 bits per heavy atom. The topological polar surface area (TPSA) is 66.9 Å². The zero-order valence-corrected chi connectivity index (χ0v) is 15.1. The van der Waals surface area contributed by atoms with Crippen molar-refractivity contribution >= 4 is 27.5 Å². The smallest absolute Gasteiger partial charge is 0.246 e. The number of amides is 1. The zero-order valence-electron chi connectivity index (χ0n) is 13.5. The summed E-state index contributed by atoms with van der Waals surface area (Å²) in [5.74, 6) is 0.263. The summed E-state index contributed by atoms with van der Waals surface area (Å²) >= 11 is 6.10. The standard InChI is InChI=1S/C15H21ClN2O4S/c1-4-22-14-9-11(2)13(16)10-15(14)23(20,21)18-7-5-17(6-8-18)12(3)19/h9-10H,4-8H2,1-3H3. The molecule has 1 fully saturated rings. The average Bonchev–Trinajstić information content (AvgIpc) is 2.51. The highest BCUT2D eigenvalue weighted by Gasteiger charge is 2.32. The molecule has 128 valence electrons. The normalized spacial score (nSPS) is 16.4. The monoisotopic (exact) mass is 360 g/mol. The number of carbonyl (C=O) groups excluding carboxylic acids is 1. The third kappa shape index (κ3) is 3.79. The molecule has 0 saturated carbocycles. The van der Waals surface area contributed by atoms with Crippen LogP contribution >= 0.6 is 11.6 Å². The molecule has 1 aliphatic heterocycles. The van der Waals surface area contributed by atoms with Gasteiger partial charge in [0.25, 0.3) is 0 Å². The number of hydrogen-bond acceptors (Lipinski definition) is 4. The molecule has 0 radical (unpaired) electrons. The van der Waals surface area contributed by atoms with Crippen LogP contribution in [0.4, 0.5) is 0 Å². The molecule has 0 aromatic heterocycles. The molecule has 1 aromatic carbocycles. The van der Waals surface area contributed by atoms with Gasteiger partial charge in [-0.25, -0.2) is 8.42 Å². The number of nitrogens with zero attached hydrogens (tertiary/aromatic N) is 2. The lowest BCUT2D eigenvalue weighted by Gasteiger charge is -2.33. The summed E-state index contributed by atoms with van der Waals surface area (Å²) < 4.78 is 32.7. The fourth-order valence-electron chi connectivity index (χ4n) is 2.49. The van der Waals surface area contributed by atoms with E-state index < -0.39 is 10.0 Å². The summed E-state index contributed by atoms with van der Waals surface area (Å²) in [6.07, 6.45) is 0. The van der Waals surface area contributed by atoms with E-state index >= 15 is 0 Å². The second-order valence-corrected chi connectivity index (χ2v) is 7.70. The van der Waals surface area contributed by atoms with Gasteiger partial charge in [0, 0.05) is 38.1 Å². The molecule has 2 rings (SSSR count). The van der Waals surface area contributed by atoms with E-state index in [9.17, 15) is 13.2 Å². The van der Waals surface area contributed by atoms with Gasteiger partial charge in [-0.15, -0.1) is 0 Å². The molecular formula is C15H21ClN2O4S. The van der Waals surface area contributed by atoms with Crippen LogP contribution in [-0.2, 0) is 14.8 Å². The van der Waals surface area contributed by atoms with Gasteiger partial charge in [-0.2, -0.15) is 4.31 Å². The first-order valence-electron chi connectivity index (χ1n) is 7.46. The molecule has 0 unspecified atom stereocenters. The highest BCUT2D eigenvalue weighted by molar-refractivity contribution is 7.89. The number of rotatable bonds is 4. The molecule has 1 aliphatic rings. The molecule has 0 spiro atoms. The minimum absolute atomic E-state index is 0.0459. The maximum Gasteiger partial charge on any atom is 0.246 e. The van der Waals surface area contributed by atoms with Crippen molar-refractivity contribution in [1.29, 1.82) is 0 Å². The largest absolute Gasteiger partial charge is 0.492 e. The van der Waals surface area contributed by atoms with Gasteiger partial charge in [-0.05, 0) is 31.5 Å². The van der Waals surface area contributed by atoms with Crippen LogP contribution in [0.2, 0.25) is 5.02 Å². The number of aryl methyl sites for hydroxylation is 1. The summed E-state index contributed by atoms with van der Waals surface area (Å²) in [5, 5.41) is 0.384. The van der Waals surface area contributed by atoms with E-state index in [-0.39, 0.29) is 23.9 Å². The van der Waals surface area contributed by atoms with Crippen LogP contribution in [0.5, 0.6) is 5.75 Å². The zero-order chi connectivity index (χ0) is 17.2. The molecular weight excluding hydrogens is 340 g/mol. The summed E-state index contributed by atoms with van der Waals surface area (Å²) in [5.41, 5.74) is 0.760. The summed E-state index contributed by atoms with van der Waals surface area (Å²) in [7, 11) is -3.72. The molecule has 1 heterocycles. The molecule has 0 aliphatic carbocycles. The fraction of sp³-hybridized carbons (Fsp3) is 0.533. The van der Waals surface area contributed by atoms with Gasteiger partial charge < -0.3 is 9.64 Å². The van der Waals surface area contributed by atoms with Crippen molar-refractivity contribution in [3.05, 3.63) is 22.7 Å². The van der Waals surface area contributed by atoms with E-state index in [0.29, 0.717) is 30.5 Å². The van der Waals surface area contributed by atoms with Gasteiger partial charge in [-0.1, -0.05) is 11.6 Å². The first kappa shape index (κ1) is 18.0. The third-order valence-corrected chi connectivity index (χ3v) is 6.15. The van der Waals surface area contributed by atoms with E-state index in [1.807, 2.05) is 0 Å². The lowest BCUT2D eigenvalue weighted by Crippen LogP contribution is -2.49. The Hall–Kier alpha value is -1.31. The molecule has 8 heteroatoms. The number of benzene rings is 1. The minimum Gasteiger partial charge on any atom is -0.492 e. The highest BCUT2D eigenvalue weighted by Crippen LogP contribution is 2.32. The Morgan fingerprint density at radius 3 is 2.39 bits per heavy atom. The second-order valence-electron chi connectivity index (χ2n) is 5.39. The van der Waals surface area contributed by atoms with Crippen LogP contribution in [0.3, 0.4) is 0 Å². The lowest BCUT2D eigenvalue weighted by molar-refractivity contribution is -0.129. The van der Waals surface area contributed by atoms with Crippen LogP contribution in [0.1, 0.15) is 19.4 Å². The van der Waals surface area contributed by atoms with E-state index in [4.69, 9.17) is 16.3 Å². The quantitative estimate of drug-likeness (QED) is 0.822. The number of hydrogen-bond donors (Lipinski definition) is 0. The summed E-state index contributed by atoms with van der Waals surface area (Å²) in [6, 6.07) is 3.08. The van der Waals surface area contributed by atoms with Crippen LogP contribution in [0.15, 0.2) is 17.0 Å². The van der Waals surface area contributed by atoms with Gasteiger partial charge in [-0.3, -0.25) is 4.79 Å². The molecule has 23 heavy (non-hydrogen) atoms. The van der Waals surface area contributed by atoms with E-state index in [1.165, 1.54) is 17.3 Å². The van der Waals surface area contributed by atoms with Gasteiger partial charge in [0.05, 0.1) is 6.61 Å². The SMILES string of the molecule is CCOc1cc(C)c(Cl)cc1S(=O)(=O)N1CCN(C(C)=O)CC1. The fourth-order valence-corrected chi connectivity index (χ4v) is 4.28. The van der Waals surface area contributed by atoms with Crippen LogP contribution in [0, 0.1) is 6.92 Å². The van der Waals surface area contributed by atoms with Crippen LogP contribution in [0.25, 0.3) is 0 Å². The number of carbonyl (C=O) groups is 1. The van der Waals surface area contributed by atoms with Crippen molar-refractivity contribution in [1.82, 2.24) is 9.21 Å². The average molecular weight is 361 g/mol. The number of piperazine rings is 1. The Bertz CT molecular complexity index is 698. The third-order valence-electron chi connectivity index (χ3n) is 3.83. The molecule has 1 amide bonds. The summed E-state index contributed by atoms with van der Waals surface area (Å²) in [6.45, 7) is 6.74. The first-order chi connectivity index (χ1) is 10.8. The second kappa shape index (κ2) is 7.07. The molecule has 1 aromatic rings. The molecule has 0 bridgehead atoms. The maximum absolute atomic E-state index is 12.9. The van der Waals surface area contributed by atoms with E-state index in [2.05, 4.69) is 0 Å². The number of halogens is 1. The number of sulfonamides is 1. The van der Waals surface area contributed by atoms with Gasteiger partial charge in [0.2, 0.25) is 15.9 Å². The molecule has 0 atom stereocenters. The van der Waals surface area contributed by atoms with E-state index in [1.54, 1.807) is 24.8 Å². The molecule has 0 N–H and O–H groups in total. The maximum atomic E-state index is 12.9. The summed E-state index contributed by atoms with van der Waals surface area (Å²) in [4.78, 5) is 13.1. The minimum atomic E-state index is -3.72. The van der Waals surface area contributed by atoms with Gasteiger partial charge in [0.1, 0.15) is 10.6 Å². The Kier molecular flexibility index (Phi) is 5.54. The van der Waals surface area contributed by atoms with Crippen molar-refractivity contribution in [3.8, 4) is 5.75 Å². The predicted octanol–water partition coefficient (Wildman–Crippen LogP) is 1.90. The van der Waals surface area contributed by atoms with Crippen molar-refractivity contribution in [2.75, 3.05) is 32.8 Å². The van der Waals surface area contributed by atoms with Crippen LogP contribution in [-0.4, -0.2) is 56.3 Å². The number of ether oxygens (including phenoxy) is 1. The Labute approximate surface area is 142 Å². The molecule has 6 nitrogen and oxygen atoms in total. The van der Waals surface area contributed by atoms with Crippen molar-refractivity contribution in [3.63, 3.8) is 0 Å². The Morgan fingerprint density at radius 2 is 1.87 bits per heavy atom. The van der Waals surface area contributed by atoms with Crippen molar-refractivity contribution < 1.29 is 17.9 Å². The van der Waals surface area contributed by atoms with E-state index in [0.717, 1.165) is 5.56 Å². The van der Waals surface area contributed by atoms with Crippen LogP contribution < -0.4 is 4.74 Å².